The van der Waals surface area contributed by atoms with Crippen LogP contribution in [-0.2, 0) is 29.6 Å². The predicted octanol–water partition coefficient (Wildman–Crippen LogP) is 2.04. The van der Waals surface area contributed by atoms with Gasteiger partial charge in [-0.2, -0.15) is 0 Å². The molecule has 1 heterocycles. The van der Waals surface area contributed by atoms with Gasteiger partial charge in [0.05, 0.1) is 33.4 Å². The fourth-order valence-electron chi connectivity index (χ4n) is 2.47. The molecule has 0 aliphatic carbocycles. The van der Waals surface area contributed by atoms with E-state index in [1.54, 1.807) is 14.2 Å². The van der Waals surface area contributed by atoms with Crippen molar-refractivity contribution < 1.29 is 14.2 Å². The quantitative estimate of drug-likeness (QED) is 0.187. The standard InChI is InChI=1S/C20H32N6O3.HI/c1-16-24-25-19(26(16)2)15-23-20(21-10-5-11-29-13-12-27-3)22-14-17-6-8-18(28-4)9-7-17;/h6-9H,5,10-15H2,1-4H3,(H2,21,22,23);1H. The Labute approximate surface area is 195 Å². The Morgan fingerprint density at radius 1 is 1.07 bits per heavy atom. The van der Waals surface area contributed by atoms with Crippen LogP contribution in [0.4, 0.5) is 0 Å². The van der Waals surface area contributed by atoms with Crippen molar-refractivity contribution in [3.05, 3.63) is 41.5 Å². The molecular weight excluding hydrogens is 499 g/mol. The first kappa shape index (κ1) is 26.1. The van der Waals surface area contributed by atoms with Crippen LogP contribution in [0, 0.1) is 6.92 Å². The molecule has 30 heavy (non-hydrogen) atoms. The molecule has 0 bridgehead atoms. The predicted molar refractivity (Wildman–Crippen MR) is 127 cm³/mol. The van der Waals surface area contributed by atoms with Crippen molar-refractivity contribution in [2.24, 2.45) is 12.0 Å². The van der Waals surface area contributed by atoms with Gasteiger partial charge in [0, 0.05) is 27.3 Å². The average molecular weight is 532 g/mol. The molecule has 0 unspecified atom stereocenters. The van der Waals surface area contributed by atoms with Gasteiger partial charge in [-0.1, -0.05) is 12.1 Å². The topological polar surface area (TPSA) is 94.8 Å². The molecule has 2 rings (SSSR count). The van der Waals surface area contributed by atoms with Crippen LogP contribution in [0.25, 0.3) is 0 Å². The van der Waals surface area contributed by atoms with Gasteiger partial charge in [0.2, 0.25) is 0 Å². The molecule has 1 aromatic carbocycles. The average Bonchev–Trinajstić information content (AvgIpc) is 3.07. The van der Waals surface area contributed by atoms with Crippen molar-refractivity contribution in [3.63, 3.8) is 0 Å². The van der Waals surface area contributed by atoms with Gasteiger partial charge in [0.15, 0.2) is 11.8 Å². The van der Waals surface area contributed by atoms with Crippen LogP contribution in [0.3, 0.4) is 0 Å². The van der Waals surface area contributed by atoms with Gasteiger partial charge in [0.1, 0.15) is 11.6 Å². The Balaban J connectivity index is 0.00000450. The Morgan fingerprint density at radius 3 is 2.47 bits per heavy atom. The van der Waals surface area contributed by atoms with Crippen LogP contribution in [0.2, 0.25) is 0 Å². The number of methoxy groups -OCH3 is 2. The lowest BCUT2D eigenvalue weighted by molar-refractivity contribution is 0.0698. The number of nitrogens with one attached hydrogen (secondary N) is 2. The Kier molecular flexibility index (Phi) is 13.0. The van der Waals surface area contributed by atoms with E-state index in [9.17, 15) is 0 Å². The lowest BCUT2D eigenvalue weighted by Gasteiger charge is -2.13. The van der Waals surface area contributed by atoms with Crippen molar-refractivity contribution >= 4 is 29.9 Å². The molecule has 9 nitrogen and oxygen atoms in total. The molecule has 0 saturated heterocycles. The summed E-state index contributed by atoms with van der Waals surface area (Å²) in [5, 5.41) is 14.9. The van der Waals surface area contributed by atoms with E-state index >= 15 is 0 Å². The van der Waals surface area contributed by atoms with E-state index in [4.69, 9.17) is 14.2 Å². The molecule has 1 aromatic heterocycles. The molecule has 168 valence electrons. The van der Waals surface area contributed by atoms with Gasteiger partial charge >= 0.3 is 0 Å². The fraction of sp³-hybridized carbons (Fsp3) is 0.550. The van der Waals surface area contributed by atoms with Gasteiger partial charge in [-0.15, -0.1) is 34.2 Å². The van der Waals surface area contributed by atoms with Crippen molar-refractivity contribution in [3.8, 4) is 5.75 Å². The maximum Gasteiger partial charge on any atom is 0.191 e. The number of aliphatic imine (C=N–C) groups is 1. The van der Waals surface area contributed by atoms with E-state index in [-0.39, 0.29) is 24.0 Å². The minimum Gasteiger partial charge on any atom is -0.497 e. The van der Waals surface area contributed by atoms with Crippen molar-refractivity contribution in [2.75, 3.05) is 40.6 Å². The second kappa shape index (κ2) is 15.0. The van der Waals surface area contributed by atoms with Crippen LogP contribution in [0.5, 0.6) is 5.75 Å². The van der Waals surface area contributed by atoms with Crippen LogP contribution < -0.4 is 15.4 Å². The second-order valence-corrected chi connectivity index (χ2v) is 6.47. The second-order valence-electron chi connectivity index (χ2n) is 6.47. The molecule has 0 aliphatic heterocycles. The molecule has 2 aromatic rings. The first-order valence-corrected chi connectivity index (χ1v) is 9.70. The van der Waals surface area contributed by atoms with Gasteiger partial charge in [-0.25, -0.2) is 4.99 Å². The number of aromatic nitrogens is 3. The number of hydrogen-bond donors (Lipinski definition) is 2. The van der Waals surface area contributed by atoms with E-state index in [1.165, 1.54) is 0 Å². The third-order valence-corrected chi connectivity index (χ3v) is 4.37. The van der Waals surface area contributed by atoms with Crippen LogP contribution in [-0.4, -0.2) is 61.3 Å². The molecule has 0 atom stereocenters. The summed E-state index contributed by atoms with van der Waals surface area (Å²) in [7, 11) is 5.28. The zero-order chi connectivity index (χ0) is 20.9. The van der Waals surface area contributed by atoms with E-state index < -0.39 is 0 Å². The number of aryl methyl sites for hydroxylation is 1. The van der Waals surface area contributed by atoms with Gasteiger partial charge in [-0.3, -0.25) is 0 Å². The number of nitrogens with zero attached hydrogens (tertiary/aromatic N) is 4. The highest BCUT2D eigenvalue weighted by atomic mass is 127. The number of rotatable bonds is 12. The van der Waals surface area contributed by atoms with Gasteiger partial charge in [0.25, 0.3) is 0 Å². The molecule has 0 amide bonds. The molecular formula is C20H33IN6O3. The van der Waals surface area contributed by atoms with E-state index in [1.807, 2.05) is 42.8 Å². The Hall–Kier alpha value is -1.92. The van der Waals surface area contributed by atoms with Crippen LogP contribution in [0.15, 0.2) is 29.3 Å². The molecule has 0 fully saturated rings. The zero-order valence-corrected chi connectivity index (χ0v) is 20.5. The lowest BCUT2D eigenvalue weighted by Crippen LogP contribution is -2.38. The monoisotopic (exact) mass is 532 g/mol. The normalized spacial score (nSPS) is 11.1. The highest BCUT2D eigenvalue weighted by molar-refractivity contribution is 14.0. The summed E-state index contributed by atoms with van der Waals surface area (Å²) in [4.78, 5) is 4.68. The maximum absolute atomic E-state index is 5.50. The minimum absolute atomic E-state index is 0. The molecule has 0 radical (unpaired) electrons. The first-order valence-electron chi connectivity index (χ1n) is 9.70. The fourth-order valence-corrected chi connectivity index (χ4v) is 2.47. The lowest BCUT2D eigenvalue weighted by atomic mass is 10.2. The summed E-state index contributed by atoms with van der Waals surface area (Å²) in [6.07, 6.45) is 0.871. The third-order valence-electron chi connectivity index (χ3n) is 4.37. The van der Waals surface area contributed by atoms with Crippen LogP contribution >= 0.6 is 24.0 Å². The number of guanidine groups is 1. The summed E-state index contributed by atoms with van der Waals surface area (Å²) in [5.74, 6) is 3.28. The van der Waals surface area contributed by atoms with Crippen molar-refractivity contribution in [1.82, 2.24) is 25.4 Å². The zero-order valence-electron chi connectivity index (χ0n) is 18.2. The SMILES string of the molecule is COCCOCCCNC(=NCc1ccc(OC)cc1)NCc1nnc(C)n1C.I. The summed E-state index contributed by atoms with van der Waals surface area (Å²) in [6.45, 7) is 5.66. The molecule has 0 aliphatic rings. The van der Waals surface area contributed by atoms with Crippen LogP contribution in [0.1, 0.15) is 23.6 Å². The summed E-state index contributed by atoms with van der Waals surface area (Å²) >= 11 is 0. The number of halogens is 1. The molecule has 10 heteroatoms. The van der Waals surface area contributed by atoms with Gasteiger partial charge in [-0.05, 0) is 31.0 Å². The number of hydrogen-bond acceptors (Lipinski definition) is 6. The minimum atomic E-state index is 0. The van der Waals surface area contributed by atoms with E-state index in [0.29, 0.717) is 32.9 Å². The smallest absolute Gasteiger partial charge is 0.191 e. The van der Waals surface area contributed by atoms with Crippen molar-refractivity contribution in [1.29, 1.82) is 0 Å². The third kappa shape index (κ3) is 9.26. The summed E-state index contributed by atoms with van der Waals surface area (Å²) in [5.41, 5.74) is 1.10. The Morgan fingerprint density at radius 2 is 1.83 bits per heavy atom. The highest BCUT2D eigenvalue weighted by Crippen LogP contribution is 2.11. The van der Waals surface area contributed by atoms with Crippen molar-refractivity contribution in [2.45, 2.75) is 26.4 Å². The molecule has 0 saturated carbocycles. The number of ether oxygens (including phenoxy) is 3. The molecule has 0 spiro atoms. The first-order chi connectivity index (χ1) is 14.1. The molecule has 2 N–H and O–H groups in total. The number of benzene rings is 1. The summed E-state index contributed by atoms with van der Waals surface area (Å²) in [6, 6.07) is 7.89. The summed E-state index contributed by atoms with van der Waals surface area (Å²) < 4.78 is 17.6. The Bertz CT molecular complexity index is 752. The van der Waals surface area contributed by atoms with Gasteiger partial charge < -0.3 is 29.4 Å². The maximum atomic E-state index is 5.50. The van der Waals surface area contributed by atoms with E-state index in [0.717, 1.165) is 41.9 Å². The largest absolute Gasteiger partial charge is 0.497 e. The van der Waals surface area contributed by atoms with E-state index in [2.05, 4.69) is 25.8 Å². The highest BCUT2D eigenvalue weighted by Gasteiger charge is 2.06.